The minimum atomic E-state index is -1.98. The fourth-order valence-corrected chi connectivity index (χ4v) is 16.3. The van der Waals surface area contributed by atoms with Crippen LogP contribution in [0.4, 0.5) is 0 Å². The summed E-state index contributed by atoms with van der Waals surface area (Å²) in [4.78, 5) is 13.5. The van der Waals surface area contributed by atoms with Crippen LogP contribution in [-0.2, 0) is 33.2 Å². The Hall–Kier alpha value is -1.73. The first-order valence-corrected chi connectivity index (χ1v) is 47.1. The molecule has 0 aromatic rings. The quantitative estimate of drug-likeness (QED) is 0.0199. The van der Waals surface area contributed by atoms with E-state index in [2.05, 4.69) is 31.3 Å². The maximum absolute atomic E-state index is 13.5. The van der Waals surface area contributed by atoms with E-state index in [1.165, 1.54) is 353 Å². The monoisotopic (exact) mass is 1580 g/mol. The first-order valence-electron chi connectivity index (χ1n) is 47.1. The van der Waals surface area contributed by atoms with Gasteiger partial charge in [0.25, 0.3) is 0 Å². The largest absolute Gasteiger partial charge is 0.394 e. The Bertz CT molecular complexity index is 2090. The molecule has 111 heavy (non-hydrogen) atoms. The van der Waals surface area contributed by atoms with E-state index < -0.39 is 124 Å². The highest BCUT2D eigenvalue weighted by atomic mass is 16.8. The number of hydrogen-bond acceptors (Lipinski definition) is 18. The lowest BCUT2D eigenvalue weighted by atomic mass is 9.96. The standard InChI is InChI=1S/C92H175NO18/c1-3-5-7-9-11-13-15-17-19-21-23-25-27-29-31-32-33-34-35-36-37-38-39-40-41-42-43-44-46-48-50-52-54-56-58-60-62-64-66-68-70-80(98)93-75(76(97)69-67-65-63-61-59-57-55-53-51-49-47-45-30-28-26-24-22-20-18-16-14-12-10-8-6-4-2)74-106-90-86(104)83(101)88(78(72-95)108-90)111-92-87(105)84(102)89(79(73-96)109-92)110-91-85(103)82(100)81(99)77(71-94)107-91/h59,61,67,69,75-79,81-92,94-97,99-105H,3-58,60,62-66,68,70-74H2,1-2H3,(H,93,98)/b61-59+,69-67+. The lowest BCUT2D eigenvalue weighted by Crippen LogP contribution is -2.66. The lowest BCUT2D eigenvalue weighted by molar-refractivity contribution is -0.379. The van der Waals surface area contributed by atoms with E-state index in [9.17, 15) is 61.0 Å². The highest BCUT2D eigenvalue weighted by Crippen LogP contribution is 2.34. The number of unbranched alkanes of at least 4 members (excludes halogenated alkanes) is 60. The molecule has 19 nitrogen and oxygen atoms in total. The van der Waals surface area contributed by atoms with E-state index in [-0.39, 0.29) is 18.9 Å². The molecule has 17 unspecified atom stereocenters. The van der Waals surface area contributed by atoms with E-state index >= 15 is 0 Å². The van der Waals surface area contributed by atoms with Gasteiger partial charge in [-0.05, 0) is 32.1 Å². The Kier molecular flexibility index (Phi) is 67.4. The van der Waals surface area contributed by atoms with Crippen molar-refractivity contribution in [2.75, 3.05) is 26.4 Å². The van der Waals surface area contributed by atoms with Crippen molar-refractivity contribution in [3.63, 3.8) is 0 Å². The van der Waals surface area contributed by atoms with Gasteiger partial charge in [-0.2, -0.15) is 0 Å². The number of aliphatic hydroxyl groups is 11. The van der Waals surface area contributed by atoms with Gasteiger partial charge in [-0.3, -0.25) is 4.79 Å². The molecule has 12 N–H and O–H groups in total. The zero-order chi connectivity index (χ0) is 80.3. The van der Waals surface area contributed by atoms with Crippen LogP contribution in [0.3, 0.4) is 0 Å². The van der Waals surface area contributed by atoms with Crippen LogP contribution < -0.4 is 5.32 Å². The van der Waals surface area contributed by atoms with Gasteiger partial charge < -0.3 is 89.9 Å². The van der Waals surface area contributed by atoms with Crippen LogP contribution in [0.2, 0.25) is 0 Å². The van der Waals surface area contributed by atoms with Gasteiger partial charge in [0.15, 0.2) is 18.9 Å². The molecule has 19 heteroatoms. The van der Waals surface area contributed by atoms with Gasteiger partial charge in [0, 0.05) is 6.42 Å². The summed E-state index contributed by atoms with van der Waals surface area (Å²) in [5.41, 5.74) is 0. The van der Waals surface area contributed by atoms with Crippen molar-refractivity contribution < 1.29 is 89.4 Å². The molecular formula is C92H175NO18. The summed E-state index contributed by atoms with van der Waals surface area (Å²) in [5, 5.41) is 121. The number of nitrogens with one attached hydrogen (secondary N) is 1. The normalized spacial score (nSPS) is 25.1. The van der Waals surface area contributed by atoms with Crippen LogP contribution in [0, 0.1) is 0 Å². The second kappa shape index (κ2) is 72.3. The predicted molar refractivity (Wildman–Crippen MR) is 448 cm³/mol. The van der Waals surface area contributed by atoms with Gasteiger partial charge in [-0.15, -0.1) is 0 Å². The van der Waals surface area contributed by atoms with Gasteiger partial charge >= 0.3 is 0 Å². The molecule has 3 saturated heterocycles. The third-order valence-electron chi connectivity index (χ3n) is 23.8. The average Bonchev–Trinajstić information content (AvgIpc) is 0.781. The molecule has 656 valence electrons. The van der Waals surface area contributed by atoms with Crippen LogP contribution in [0.5, 0.6) is 0 Å². The number of allylic oxidation sites excluding steroid dienone is 3. The summed E-state index contributed by atoms with van der Waals surface area (Å²) >= 11 is 0. The molecule has 1 amide bonds. The Morgan fingerprint density at radius 2 is 0.577 bits per heavy atom. The maximum Gasteiger partial charge on any atom is 0.220 e. The van der Waals surface area contributed by atoms with Gasteiger partial charge in [0.2, 0.25) is 5.91 Å². The number of hydrogen-bond donors (Lipinski definition) is 12. The molecule has 0 aromatic carbocycles. The van der Waals surface area contributed by atoms with Gasteiger partial charge in [0.1, 0.15) is 73.2 Å². The summed E-state index contributed by atoms with van der Waals surface area (Å²) in [6.45, 7) is 1.80. The van der Waals surface area contributed by atoms with Crippen molar-refractivity contribution in [2.24, 2.45) is 0 Å². The topological polar surface area (TPSA) is 307 Å². The summed E-state index contributed by atoms with van der Waals surface area (Å²) < 4.78 is 34.5. The van der Waals surface area contributed by atoms with E-state index in [4.69, 9.17) is 28.4 Å². The molecule has 0 spiro atoms. The van der Waals surface area contributed by atoms with Gasteiger partial charge in [0.05, 0.1) is 38.6 Å². The molecule has 0 aromatic heterocycles. The third-order valence-corrected chi connectivity index (χ3v) is 23.8. The van der Waals surface area contributed by atoms with Gasteiger partial charge in [-0.1, -0.05) is 411 Å². The molecule has 3 fully saturated rings. The molecule has 0 aliphatic carbocycles. The Balaban J connectivity index is 1.29. The lowest BCUT2D eigenvalue weighted by Gasteiger charge is -2.48. The molecule has 0 bridgehead atoms. The van der Waals surface area contributed by atoms with Gasteiger partial charge in [-0.25, -0.2) is 0 Å². The van der Waals surface area contributed by atoms with Crippen molar-refractivity contribution in [1.29, 1.82) is 0 Å². The predicted octanol–water partition coefficient (Wildman–Crippen LogP) is 18.4. The Labute approximate surface area is 677 Å². The van der Waals surface area contributed by atoms with Crippen LogP contribution in [0.1, 0.15) is 425 Å². The highest BCUT2D eigenvalue weighted by molar-refractivity contribution is 5.76. The number of ether oxygens (including phenoxy) is 6. The first-order chi connectivity index (χ1) is 54.3. The minimum absolute atomic E-state index is 0.241. The molecule has 3 rings (SSSR count). The van der Waals surface area contributed by atoms with Crippen molar-refractivity contribution in [2.45, 2.75) is 529 Å². The van der Waals surface area contributed by atoms with Crippen molar-refractivity contribution in [3.8, 4) is 0 Å². The number of aliphatic hydroxyl groups excluding tert-OH is 11. The summed E-state index contributed by atoms with van der Waals surface area (Å²) in [5.74, 6) is -0.275. The molecule has 0 radical (unpaired) electrons. The number of amides is 1. The van der Waals surface area contributed by atoms with Crippen LogP contribution in [-0.4, -0.2) is 193 Å². The van der Waals surface area contributed by atoms with E-state index in [0.29, 0.717) is 12.8 Å². The Morgan fingerprint density at radius 1 is 0.315 bits per heavy atom. The van der Waals surface area contributed by atoms with Crippen LogP contribution in [0.15, 0.2) is 24.3 Å². The molecule has 3 aliphatic rings. The van der Waals surface area contributed by atoms with Crippen LogP contribution in [0.25, 0.3) is 0 Å². The second-order valence-corrected chi connectivity index (χ2v) is 33.8. The fraction of sp³-hybridized carbons (Fsp3) is 0.946. The first kappa shape index (κ1) is 103. The third kappa shape index (κ3) is 50.7. The number of rotatable bonds is 78. The van der Waals surface area contributed by atoms with Crippen LogP contribution >= 0.6 is 0 Å². The summed E-state index contributed by atoms with van der Waals surface area (Å²) in [6.07, 6.45) is 65.1. The maximum atomic E-state index is 13.5. The van der Waals surface area contributed by atoms with E-state index in [0.717, 1.165) is 38.5 Å². The van der Waals surface area contributed by atoms with E-state index in [1.54, 1.807) is 6.08 Å². The second-order valence-electron chi connectivity index (χ2n) is 33.8. The Morgan fingerprint density at radius 3 is 0.901 bits per heavy atom. The molecule has 3 heterocycles. The average molecular weight is 1580 g/mol. The smallest absolute Gasteiger partial charge is 0.220 e. The molecule has 3 aliphatic heterocycles. The van der Waals surface area contributed by atoms with Crippen molar-refractivity contribution >= 4 is 5.91 Å². The summed E-state index contributed by atoms with van der Waals surface area (Å²) in [7, 11) is 0. The molecule has 17 atom stereocenters. The van der Waals surface area contributed by atoms with Crippen molar-refractivity contribution in [1.82, 2.24) is 5.32 Å². The summed E-state index contributed by atoms with van der Waals surface area (Å²) in [6, 6.07) is -0.989. The molecular weight excluding hydrogens is 1410 g/mol. The number of carbonyl (C=O) groups is 1. The zero-order valence-electron chi connectivity index (χ0n) is 71.0. The van der Waals surface area contributed by atoms with E-state index in [1.807, 2.05) is 6.08 Å². The SMILES string of the molecule is CCCCCCCCCCCCCCCCCCCCCC/C=C/CC/C=C/C(O)C(COC1OC(CO)C(OC2OC(CO)C(OC3OC(CO)C(O)C(O)C3O)C(O)C2O)C(O)C1O)NC(=O)CCCCCCCCCCCCCCCCCCCCCCCCCCCCCCCCCCCCCCCCCC. The molecule has 0 saturated carbocycles. The van der Waals surface area contributed by atoms with Crippen molar-refractivity contribution in [3.05, 3.63) is 24.3 Å². The highest BCUT2D eigenvalue weighted by Gasteiger charge is 2.54. The zero-order valence-corrected chi connectivity index (χ0v) is 71.0. The fourth-order valence-electron chi connectivity index (χ4n) is 16.3. The minimum Gasteiger partial charge on any atom is -0.394 e. The number of carbonyl (C=O) groups excluding carboxylic acids is 1.